The Bertz CT molecular complexity index is 367. The zero-order valence-corrected chi connectivity index (χ0v) is 14.1. The van der Waals surface area contributed by atoms with Crippen LogP contribution in [0.4, 0.5) is 0 Å². The zero-order valence-electron chi connectivity index (χ0n) is 13.3. The van der Waals surface area contributed by atoms with Crippen molar-refractivity contribution < 1.29 is 14.3 Å². The van der Waals surface area contributed by atoms with Crippen molar-refractivity contribution in [3.05, 3.63) is 0 Å². The van der Waals surface area contributed by atoms with Crippen LogP contribution in [0.1, 0.15) is 44.9 Å². The molecule has 2 aliphatic rings. The first-order valence-corrected chi connectivity index (χ1v) is 8.00. The predicted molar refractivity (Wildman–Crippen MR) is 87.1 cm³/mol. The van der Waals surface area contributed by atoms with E-state index in [4.69, 9.17) is 4.74 Å². The van der Waals surface area contributed by atoms with Crippen LogP contribution in [0.3, 0.4) is 0 Å². The van der Waals surface area contributed by atoms with E-state index in [1.807, 2.05) is 0 Å². The highest BCUT2D eigenvalue weighted by Crippen LogP contribution is 2.22. The van der Waals surface area contributed by atoms with E-state index < -0.39 is 5.60 Å². The molecule has 0 atom stereocenters. The highest BCUT2D eigenvalue weighted by atomic mass is 35.5. The molecule has 0 bridgehead atoms. The molecule has 1 saturated heterocycles. The van der Waals surface area contributed by atoms with Crippen molar-refractivity contribution in [2.75, 3.05) is 26.7 Å². The molecule has 0 aromatic heterocycles. The molecule has 2 fully saturated rings. The van der Waals surface area contributed by atoms with Gasteiger partial charge in [0.25, 0.3) is 5.91 Å². The standard InChI is InChI=1S/C15H27N3O3.ClH/c1-21-15(7-9-16-10-8-15)14(20)17-11-13(19)18-12-5-3-2-4-6-12;/h12,16H,2-11H2,1H3,(H,17,20)(H,18,19);1H. The van der Waals surface area contributed by atoms with Gasteiger partial charge < -0.3 is 20.7 Å². The molecule has 0 aromatic carbocycles. The van der Waals surface area contributed by atoms with Crippen LogP contribution in [0.25, 0.3) is 0 Å². The summed E-state index contributed by atoms with van der Waals surface area (Å²) in [6.45, 7) is 1.55. The van der Waals surface area contributed by atoms with Crippen LogP contribution in [0, 0.1) is 0 Å². The molecule has 1 heterocycles. The van der Waals surface area contributed by atoms with Crippen molar-refractivity contribution in [2.45, 2.75) is 56.6 Å². The molecule has 22 heavy (non-hydrogen) atoms. The summed E-state index contributed by atoms with van der Waals surface area (Å²) >= 11 is 0. The van der Waals surface area contributed by atoms with Gasteiger partial charge in [-0.1, -0.05) is 19.3 Å². The van der Waals surface area contributed by atoms with E-state index in [1.165, 1.54) is 19.3 Å². The Hall–Kier alpha value is -0.850. The molecule has 1 saturated carbocycles. The fraction of sp³-hybridized carbons (Fsp3) is 0.867. The summed E-state index contributed by atoms with van der Waals surface area (Å²) in [6, 6.07) is 0.276. The van der Waals surface area contributed by atoms with Crippen LogP contribution in [0.5, 0.6) is 0 Å². The first-order valence-electron chi connectivity index (χ1n) is 8.00. The molecular formula is C15H28ClN3O3. The number of halogens is 1. The molecule has 7 heteroatoms. The summed E-state index contributed by atoms with van der Waals surface area (Å²) in [7, 11) is 1.56. The molecule has 1 aliphatic carbocycles. The fourth-order valence-corrected chi connectivity index (χ4v) is 3.20. The predicted octanol–water partition coefficient (Wildman–Crippen LogP) is 0.742. The molecule has 1 aliphatic heterocycles. The van der Waals surface area contributed by atoms with Crippen LogP contribution in [-0.4, -0.2) is 50.2 Å². The van der Waals surface area contributed by atoms with Crippen LogP contribution in [0.2, 0.25) is 0 Å². The Balaban J connectivity index is 0.00000242. The van der Waals surface area contributed by atoms with Crippen molar-refractivity contribution in [1.29, 1.82) is 0 Å². The number of carbonyl (C=O) groups excluding carboxylic acids is 2. The number of nitrogens with one attached hydrogen (secondary N) is 3. The molecule has 0 aromatic rings. The monoisotopic (exact) mass is 333 g/mol. The number of amides is 2. The van der Waals surface area contributed by atoms with Crippen molar-refractivity contribution >= 4 is 24.2 Å². The number of carbonyl (C=O) groups is 2. The maximum absolute atomic E-state index is 12.3. The topological polar surface area (TPSA) is 79.5 Å². The molecular weight excluding hydrogens is 306 g/mol. The second-order valence-electron chi connectivity index (χ2n) is 6.03. The first-order chi connectivity index (χ1) is 10.2. The summed E-state index contributed by atoms with van der Waals surface area (Å²) in [5.41, 5.74) is -0.781. The highest BCUT2D eigenvalue weighted by Gasteiger charge is 2.39. The van der Waals surface area contributed by atoms with Gasteiger partial charge in [-0.15, -0.1) is 12.4 Å². The molecule has 3 N–H and O–H groups in total. The Morgan fingerprint density at radius 3 is 2.41 bits per heavy atom. The summed E-state index contributed by atoms with van der Waals surface area (Å²) in [5.74, 6) is -0.277. The molecule has 2 rings (SSSR count). The van der Waals surface area contributed by atoms with E-state index >= 15 is 0 Å². The van der Waals surface area contributed by atoms with Crippen LogP contribution in [0.15, 0.2) is 0 Å². The number of methoxy groups -OCH3 is 1. The van der Waals surface area contributed by atoms with Gasteiger partial charge >= 0.3 is 0 Å². The molecule has 2 amide bonds. The number of rotatable bonds is 5. The number of hydrogen-bond donors (Lipinski definition) is 3. The molecule has 0 spiro atoms. The van der Waals surface area contributed by atoms with Gasteiger partial charge in [0, 0.05) is 13.2 Å². The Morgan fingerprint density at radius 1 is 1.18 bits per heavy atom. The summed E-state index contributed by atoms with van der Waals surface area (Å²) < 4.78 is 5.44. The minimum absolute atomic E-state index is 0. The quantitative estimate of drug-likeness (QED) is 0.693. The summed E-state index contributed by atoms with van der Waals surface area (Å²) in [6.07, 6.45) is 6.99. The maximum atomic E-state index is 12.3. The van der Waals surface area contributed by atoms with E-state index in [-0.39, 0.29) is 36.8 Å². The van der Waals surface area contributed by atoms with E-state index in [9.17, 15) is 9.59 Å². The lowest BCUT2D eigenvalue weighted by Gasteiger charge is -2.34. The lowest BCUT2D eigenvalue weighted by Crippen LogP contribution is -2.55. The SMILES string of the molecule is COC1(C(=O)NCC(=O)NC2CCCCC2)CCNCC1.Cl. The van der Waals surface area contributed by atoms with Crippen LogP contribution in [-0.2, 0) is 14.3 Å². The first kappa shape index (κ1) is 19.2. The van der Waals surface area contributed by atoms with Gasteiger partial charge in [-0.05, 0) is 38.8 Å². The van der Waals surface area contributed by atoms with Gasteiger partial charge in [-0.3, -0.25) is 9.59 Å². The Morgan fingerprint density at radius 2 is 1.82 bits per heavy atom. The van der Waals surface area contributed by atoms with Crippen molar-refractivity contribution in [3.63, 3.8) is 0 Å². The van der Waals surface area contributed by atoms with Gasteiger partial charge in [-0.2, -0.15) is 0 Å². The van der Waals surface area contributed by atoms with E-state index in [1.54, 1.807) is 7.11 Å². The minimum Gasteiger partial charge on any atom is -0.368 e. The Labute approximate surface area is 138 Å². The highest BCUT2D eigenvalue weighted by molar-refractivity contribution is 5.89. The average molecular weight is 334 g/mol. The number of piperidine rings is 1. The Kier molecular flexibility index (Phi) is 8.14. The van der Waals surface area contributed by atoms with E-state index in [0.717, 1.165) is 25.9 Å². The summed E-state index contributed by atoms with van der Waals surface area (Å²) in [4.78, 5) is 24.2. The smallest absolute Gasteiger partial charge is 0.252 e. The van der Waals surface area contributed by atoms with Gasteiger partial charge in [0.1, 0.15) is 5.60 Å². The van der Waals surface area contributed by atoms with Crippen LogP contribution >= 0.6 is 12.4 Å². The minimum atomic E-state index is -0.781. The third kappa shape index (κ3) is 5.11. The van der Waals surface area contributed by atoms with Crippen molar-refractivity contribution in [2.24, 2.45) is 0 Å². The van der Waals surface area contributed by atoms with E-state index in [0.29, 0.717) is 12.8 Å². The maximum Gasteiger partial charge on any atom is 0.252 e. The third-order valence-corrected chi connectivity index (χ3v) is 4.60. The molecule has 6 nitrogen and oxygen atoms in total. The molecule has 0 radical (unpaired) electrons. The van der Waals surface area contributed by atoms with Gasteiger partial charge in [-0.25, -0.2) is 0 Å². The van der Waals surface area contributed by atoms with Crippen molar-refractivity contribution in [3.8, 4) is 0 Å². The van der Waals surface area contributed by atoms with Gasteiger partial charge in [0.15, 0.2) is 0 Å². The number of hydrogen-bond acceptors (Lipinski definition) is 4. The normalized spacial score (nSPS) is 21.5. The average Bonchev–Trinajstić information content (AvgIpc) is 2.54. The summed E-state index contributed by atoms with van der Waals surface area (Å²) in [5, 5.41) is 8.94. The largest absolute Gasteiger partial charge is 0.368 e. The molecule has 128 valence electrons. The lowest BCUT2D eigenvalue weighted by atomic mass is 9.91. The molecule has 0 unspecified atom stereocenters. The van der Waals surface area contributed by atoms with Crippen molar-refractivity contribution in [1.82, 2.24) is 16.0 Å². The van der Waals surface area contributed by atoms with E-state index in [2.05, 4.69) is 16.0 Å². The fourth-order valence-electron chi connectivity index (χ4n) is 3.20. The zero-order chi connectivity index (χ0) is 15.1. The second-order valence-corrected chi connectivity index (χ2v) is 6.03. The van der Waals surface area contributed by atoms with Gasteiger partial charge in [0.2, 0.25) is 5.91 Å². The van der Waals surface area contributed by atoms with Gasteiger partial charge in [0.05, 0.1) is 6.54 Å². The van der Waals surface area contributed by atoms with Crippen LogP contribution < -0.4 is 16.0 Å². The third-order valence-electron chi connectivity index (χ3n) is 4.60. The number of ether oxygens (including phenoxy) is 1. The second kappa shape index (κ2) is 9.33. The lowest BCUT2D eigenvalue weighted by molar-refractivity contribution is -0.147.